The van der Waals surface area contributed by atoms with Gasteiger partial charge in [-0.05, 0) is 79.9 Å². The molecule has 0 aliphatic heterocycles. The van der Waals surface area contributed by atoms with Crippen molar-refractivity contribution in [2.75, 3.05) is 0 Å². The Morgan fingerprint density at radius 1 is 0.270 bits per heavy atom. The third-order valence-corrected chi connectivity index (χ3v) is 17.8. The van der Waals surface area contributed by atoms with Crippen LogP contribution in [0.4, 0.5) is 0 Å². The summed E-state index contributed by atoms with van der Waals surface area (Å²) in [6.07, 6.45) is 0. The van der Waals surface area contributed by atoms with E-state index in [0.717, 1.165) is 11.4 Å². The molecule has 0 amide bonds. The molecule has 2 heterocycles. The molecule has 12 rings (SSSR count). The number of rotatable bonds is 8. The normalized spacial score (nSPS) is 11.8. The van der Waals surface area contributed by atoms with Gasteiger partial charge in [0.15, 0.2) is 8.07 Å². The molecule has 0 spiro atoms. The lowest BCUT2D eigenvalue weighted by Gasteiger charge is -2.34. The molecule has 2 nitrogen and oxygen atoms in total. The molecule has 0 aliphatic carbocycles. The molecule has 2 aromatic heterocycles. The van der Waals surface area contributed by atoms with Gasteiger partial charge in [-0.15, -0.1) is 0 Å². The zero-order chi connectivity index (χ0) is 41.7. The number of fused-ring (bicyclic) bond motifs is 6. The molecular formula is C60H42N2Si. The number of hydrogen-bond acceptors (Lipinski definition) is 0. The van der Waals surface area contributed by atoms with E-state index in [0.29, 0.717) is 0 Å². The Kier molecular flexibility index (Phi) is 8.87. The summed E-state index contributed by atoms with van der Waals surface area (Å²) in [7, 11) is -2.80. The van der Waals surface area contributed by atoms with Gasteiger partial charge in [0.2, 0.25) is 0 Å². The highest BCUT2D eigenvalue weighted by Gasteiger charge is 2.41. The van der Waals surface area contributed by atoms with Crippen molar-refractivity contribution < 1.29 is 0 Å². The van der Waals surface area contributed by atoms with Crippen LogP contribution in [-0.4, -0.2) is 17.2 Å². The largest absolute Gasteiger partial charge is 0.309 e. The zero-order valence-corrected chi connectivity index (χ0v) is 35.6. The van der Waals surface area contributed by atoms with E-state index in [4.69, 9.17) is 0 Å². The maximum absolute atomic E-state index is 2.80. The molecule has 296 valence electrons. The minimum Gasteiger partial charge on any atom is -0.309 e. The Labute approximate surface area is 368 Å². The Morgan fingerprint density at radius 2 is 0.762 bits per heavy atom. The molecule has 10 aromatic carbocycles. The van der Waals surface area contributed by atoms with Crippen molar-refractivity contribution in [3.8, 4) is 33.6 Å². The van der Waals surface area contributed by atoms with Crippen LogP contribution in [0.1, 0.15) is 0 Å². The molecular weight excluding hydrogens is 777 g/mol. The van der Waals surface area contributed by atoms with Crippen LogP contribution in [0.3, 0.4) is 0 Å². The van der Waals surface area contributed by atoms with E-state index >= 15 is 0 Å². The standard InChI is InChI=1S/C60H42N2Si/c1-6-21-43(22-7-1)50-31-16-18-34-55(50)62-57-40-37-45(41-54(57)60-51(33-20-36-58(60)62)44-23-8-2-9-24-44)61-56-35-19-17-32-52(56)53-39-38-49(42-59(53)61)63(46-25-10-3-11-26-46,47-27-12-4-13-28-47)48-29-14-5-15-30-48/h1-42H. The predicted octanol–water partition coefficient (Wildman–Crippen LogP) is 12.6. The van der Waals surface area contributed by atoms with E-state index in [1.807, 2.05) is 0 Å². The highest BCUT2D eigenvalue weighted by molar-refractivity contribution is 7.20. The van der Waals surface area contributed by atoms with Crippen LogP contribution in [0.15, 0.2) is 255 Å². The average Bonchev–Trinajstić information content (AvgIpc) is 3.88. The van der Waals surface area contributed by atoms with Gasteiger partial charge in [-0.25, -0.2) is 0 Å². The Bertz CT molecular complexity index is 3500. The van der Waals surface area contributed by atoms with Crippen LogP contribution in [-0.2, 0) is 0 Å². The van der Waals surface area contributed by atoms with Gasteiger partial charge in [-0.1, -0.05) is 212 Å². The van der Waals surface area contributed by atoms with Gasteiger partial charge < -0.3 is 9.13 Å². The van der Waals surface area contributed by atoms with Crippen molar-refractivity contribution >= 4 is 72.4 Å². The van der Waals surface area contributed by atoms with Crippen LogP contribution in [0.5, 0.6) is 0 Å². The Balaban J connectivity index is 1.17. The molecule has 12 aromatic rings. The second kappa shape index (κ2) is 15.2. The summed E-state index contributed by atoms with van der Waals surface area (Å²) < 4.78 is 4.99. The van der Waals surface area contributed by atoms with E-state index in [1.165, 1.54) is 86.6 Å². The van der Waals surface area contributed by atoms with E-state index in [-0.39, 0.29) is 0 Å². The molecule has 0 saturated heterocycles. The van der Waals surface area contributed by atoms with E-state index in [9.17, 15) is 0 Å². The summed E-state index contributed by atoms with van der Waals surface area (Å²) in [4.78, 5) is 0. The monoisotopic (exact) mass is 818 g/mol. The second-order valence-electron chi connectivity index (χ2n) is 16.4. The molecule has 0 saturated carbocycles. The van der Waals surface area contributed by atoms with Gasteiger partial charge in [0.1, 0.15) is 0 Å². The quantitative estimate of drug-likeness (QED) is 0.107. The third-order valence-electron chi connectivity index (χ3n) is 13.1. The predicted molar refractivity (Wildman–Crippen MR) is 270 cm³/mol. The smallest absolute Gasteiger partial charge is 0.179 e. The molecule has 0 bridgehead atoms. The number of hydrogen-bond donors (Lipinski definition) is 0. The number of nitrogens with zero attached hydrogens (tertiary/aromatic N) is 2. The first-order chi connectivity index (χ1) is 31.3. The van der Waals surface area contributed by atoms with Crippen molar-refractivity contribution in [3.63, 3.8) is 0 Å². The fraction of sp³-hybridized carbons (Fsp3) is 0. The van der Waals surface area contributed by atoms with Crippen LogP contribution in [0.25, 0.3) is 77.2 Å². The number of aromatic nitrogens is 2. The van der Waals surface area contributed by atoms with E-state index < -0.39 is 8.07 Å². The van der Waals surface area contributed by atoms with Gasteiger partial charge in [-0.2, -0.15) is 0 Å². The summed E-state index contributed by atoms with van der Waals surface area (Å²) in [5.41, 5.74) is 11.9. The topological polar surface area (TPSA) is 9.86 Å². The maximum atomic E-state index is 2.52. The fourth-order valence-electron chi connectivity index (χ4n) is 10.4. The van der Waals surface area contributed by atoms with E-state index in [2.05, 4.69) is 264 Å². The van der Waals surface area contributed by atoms with Crippen molar-refractivity contribution in [2.45, 2.75) is 0 Å². The summed E-state index contributed by atoms with van der Waals surface area (Å²) in [6, 6.07) is 94.2. The van der Waals surface area contributed by atoms with Crippen molar-refractivity contribution in [3.05, 3.63) is 255 Å². The summed E-state index contributed by atoms with van der Waals surface area (Å²) >= 11 is 0. The highest BCUT2D eigenvalue weighted by atomic mass is 28.3. The molecule has 0 N–H and O–H groups in total. The lowest BCUT2D eigenvalue weighted by atomic mass is 9.99. The Hall–Kier alpha value is -7.98. The Morgan fingerprint density at radius 3 is 1.41 bits per heavy atom. The number of para-hydroxylation sites is 2. The molecule has 0 aliphatic rings. The molecule has 63 heavy (non-hydrogen) atoms. The van der Waals surface area contributed by atoms with Gasteiger partial charge in [0.25, 0.3) is 0 Å². The summed E-state index contributed by atoms with van der Waals surface area (Å²) in [5, 5.41) is 10.4. The van der Waals surface area contributed by atoms with Crippen molar-refractivity contribution in [1.29, 1.82) is 0 Å². The average molecular weight is 819 g/mol. The van der Waals surface area contributed by atoms with Gasteiger partial charge in [0, 0.05) is 32.8 Å². The SMILES string of the molecule is c1ccc(-c2ccccc2-n2c3ccc(-n4c5ccccc5c5ccc([Si](c6ccccc6)(c6ccccc6)c6ccccc6)cc54)cc3c3c(-c4ccccc4)cccc32)cc1. The van der Waals surface area contributed by atoms with Crippen LogP contribution >= 0.6 is 0 Å². The molecule has 0 unspecified atom stereocenters. The molecule has 0 radical (unpaired) electrons. The molecule has 0 atom stereocenters. The van der Waals surface area contributed by atoms with Crippen molar-refractivity contribution in [1.82, 2.24) is 9.13 Å². The summed E-state index contributed by atoms with van der Waals surface area (Å²) in [6.45, 7) is 0. The second-order valence-corrected chi connectivity index (χ2v) is 20.2. The lowest BCUT2D eigenvalue weighted by Crippen LogP contribution is -2.74. The first-order valence-corrected chi connectivity index (χ1v) is 23.8. The maximum Gasteiger partial charge on any atom is 0.179 e. The van der Waals surface area contributed by atoms with Gasteiger partial charge in [0.05, 0.1) is 27.8 Å². The van der Waals surface area contributed by atoms with Crippen LogP contribution in [0, 0.1) is 0 Å². The van der Waals surface area contributed by atoms with E-state index in [1.54, 1.807) is 0 Å². The fourth-order valence-corrected chi connectivity index (χ4v) is 15.2. The summed E-state index contributed by atoms with van der Waals surface area (Å²) in [5.74, 6) is 0. The minimum atomic E-state index is -2.80. The van der Waals surface area contributed by atoms with Crippen LogP contribution < -0.4 is 20.7 Å². The van der Waals surface area contributed by atoms with Crippen molar-refractivity contribution in [2.24, 2.45) is 0 Å². The third kappa shape index (κ3) is 5.85. The molecule has 3 heteroatoms. The highest BCUT2D eigenvalue weighted by Crippen LogP contribution is 2.42. The van der Waals surface area contributed by atoms with Gasteiger partial charge >= 0.3 is 0 Å². The lowest BCUT2D eigenvalue weighted by molar-refractivity contribution is 1.17. The van der Waals surface area contributed by atoms with Crippen LogP contribution in [0.2, 0.25) is 0 Å². The zero-order valence-electron chi connectivity index (χ0n) is 34.6. The first kappa shape index (κ1) is 36.8. The molecule has 0 fully saturated rings. The first-order valence-electron chi connectivity index (χ1n) is 21.8. The van der Waals surface area contributed by atoms with Gasteiger partial charge in [-0.3, -0.25) is 0 Å². The minimum absolute atomic E-state index is 1.13. The number of benzene rings is 10.